The van der Waals surface area contributed by atoms with E-state index in [1.807, 2.05) is 0 Å². The zero-order valence-corrected chi connectivity index (χ0v) is 12.3. The van der Waals surface area contributed by atoms with Crippen LogP contribution in [0.5, 0.6) is 0 Å². The molecule has 21 heavy (non-hydrogen) atoms. The van der Waals surface area contributed by atoms with Crippen molar-refractivity contribution in [1.29, 1.82) is 0 Å². The van der Waals surface area contributed by atoms with Gasteiger partial charge in [-0.1, -0.05) is 19.8 Å². The van der Waals surface area contributed by atoms with E-state index in [4.69, 9.17) is 5.11 Å². The third-order valence-corrected chi connectivity index (χ3v) is 3.98. The summed E-state index contributed by atoms with van der Waals surface area (Å²) in [6.07, 6.45) is 5.58. The average molecular weight is 290 g/mol. The highest BCUT2D eigenvalue weighted by Crippen LogP contribution is 2.22. The summed E-state index contributed by atoms with van der Waals surface area (Å²) in [7, 11) is 0. The summed E-state index contributed by atoms with van der Waals surface area (Å²) in [5.41, 5.74) is 0.804. The second-order valence-electron chi connectivity index (χ2n) is 5.79. The molecule has 2 amide bonds. The molecule has 0 aromatic heterocycles. The molecule has 0 aliphatic heterocycles. The van der Waals surface area contributed by atoms with Crippen molar-refractivity contribution in [1.82, 2.24) is 5.32 Å². The van der Waals surface area contributed by atoms with E-state index in [1.165, 1.54) is 18.6 Å². The Morgan fingerprint density at radius 1 is 1.10 bits per heavy atom. The van der Waals surface area contributed by atoms with Gasteiger partial charge in [-0.2, -0.15) is 0 Å². The van der Waals surface area contributed by atoms with Gasteiger partial charge in [-0.15, -0.1) is 0 Å². The van der Waals surface area contributed by atoms with Gasteiger partial charge in [0.05, 0.1) is 5.56 Å². The third kappa shape index (κ3) is 4.77. The molecule has 0 heterocycles. The van der Waals surface area contributed by atoms with Crippen LogP contribution < -0.4 is 10.6 Å². The van der Waals surface area contributed by atoms with Gasteiger partial charge < -0.3 is 15.7 Å². The van der Waals surface area contributed by atoms with Gasteiger partial charge in [0.25, 0.3) is 0 Å². The molecule has 1 saturated carbocycles. The molecule has 0 saturated heterocycles. The van der Waals surface area contributed by atoms with E-state index in [-0.39, 0.29) is 17.6 Å². The van der Waals surface area contributed by atoms with Crippen LogP contribution in [0.2, 0.25) is 0 Å². The lowest BCUT2D eigenvalue weighted by Crippen LogP contribution is -2.37. The molecule has 0 spiro atoms. The minimum Gasteiger partial charge on any atom is -0.478 e. The minimum absolute atomic E-state index is 0.207. The molecule has 0 radical (unpaired) electrons. The van der Waals surface area contributed by atoms with Gasteiger partial charge in [0.2, 0.25) is 0 Å². The van der Waals surface area contributed by atoms with E-state index in [2.05, 4.69) is 17.6 Å². The van der Waals surface area contributed by atoms with E-state index in [9.17, 15) is 9.59 Å². The topological polar surface area (TPSA) is 78.4 Å². The maximum Gasteiger partial charge on any atom is 0.335 e. The largest absolute Gasteiger partial charge is 0.478 e. The Bertz CT molecular complexity index is 499. The van der Waals surface area contributed by atoms with Crippen molar-refractivity contribution in [2.75, 3.05) is 5.32 Å². The van der Waals surface area contributed by atoms with Gasteiger partial charge in [0.1, 0.15) is 0 Å². The Labute approximate surface area is 124 Å². The Kier molecular flexibility index (Phi) is 5.20. The lowest BCUT2D eigenvalue weighted by molar-refractivity contribution is 0.0697. The molecule has 3 N–H and O–H groups in total. The first-order chi connectivity index (χ1) is 10.0. The molecule has 1 aliphatic carbocycles. The third-order valence-electron chi connectivity index (χ3n) is 3.98. The summed E-state index contributed by atoms with van der Waals surface area (Å²) < 4.78 is 0. The van der Waals surface area contributed by atoms with Crippen LogP contribution >= 0.6 is 0 Å². The van der Waals surface area contributed by atoms with Gasteiger partial charge in [0, 0.05) is 11.7 Å². The number of rotatable bonds is 3. The smallest absolute Gasteiger partial charge is 0.335 e. The van der Waals surface area contributed by atoms with Crippen molar-refractivity contribution in [3.8, 4) is 0 Å². The Balaban J connectivity index is 1.85. The number of amides is 2. The van der Waals surface area contributed by atoms with E-state index in [1.54, 1.807) is 12.1 Å². The highest BCUT2D eigenvalue weighted by Gasteiger charge is 2.17. The molecule has 2 atom stereocenters. The predicted molar refractivity (Wildman–Crippen MR) is 81.6 cm³/mol. The van der Waals surface area contributed by atoms with Crippen molar-refractivity contribution in [2.24, 2.45) is 5.92 Å². The predicted octanol–water partition coefficient (Wildman–Crippen LogP) is 3.48. The molecule has 1 aliphatic rings. The second-order valence-corrected chi connectivity index (χ2v) is 5.79. The van der Waals surface area contributed by atoms with Crippen molar-refractivity contribution in [2.45, 2.75) is 45.1 Å². The van der Waals surface area contributed by atoms with Crippen molar-refractivity contribution in [3.05, 3.63) is 29.8 Å². The van der Waals surface area contributed by atoms with Gasteiger partial charge in [-0.25, -0.2) is 9.59 Å². The molecular formula is C16H22N2O3. The van der Waals surface area contributed by atoms with Gasteiger partial charge in [-0.3, -0.25) is 0 Å². The van der Waals surface area contributed by atoms with Crippen LogP contribution in [0.15, 0.2) is 24.3 Å². The molecule has 0 bridgehead atoms. The standard InChI is InChI=1S/C16H22N2O3/c1-11-3-2-4-13(8-5-11)17-16(21)18-14-9-6-12(7-10-14)15(19)20/h6-7,9-11,13H,2-5,8H2,1H3,(H,19,20)(H2,17,18,21). The molecule has 1 fully saturated rings. The van der Waals surface area contributed by atoms with Crippen LogP contribution in [0.3, 0.4) is 0 Å². The summed E-state index contributed by atoms with van der Waals surface area (Å²) in [6, 6.07) is 6.15. The summed E-state index contributed by atoms with van der Waals surface area (Å²) in [5, 5.41) is 14.6. The van der Waals surface area contributed by atoms with Crippen LogP contribution in [-0.4, -0.2) is 23.1 Å². The average Bonchev–Trinajstić information content (AvgIpc) is 2.64. The molecular weight excluding hydrogens is 268 g/mol. The zero-order valence-electron chi connectivity index (χ0n) is 12.3. The first-order valence-electron chi connectivity index (χ1n) is 7.45. The number of hydrogen-bond donors (Lipinski definition) is 3. The first kappa shape index (κ1) is 15.4. The molecule has 2 unspecified atom stereocenters. The number of hydrogen-bond acceptors (Lipinski definition) is 2. The van der Waals surface area contributed by atoms with Gasteiger partial charge in [-0.05, 0) is 49.4 Å². The fourth-order valence-corrected chi connectivity index (χ4v) is 2.68. The molecule has 5 nitrogen and oxygen atoms in total. The number of anilines is 1. The van der Waals surface area contributed by atoms with Crippen LogP contribution in [0.1, 0.15) is 49.4 Å². The highest BCUT2D eigenvalue weighted by molar-refractivity contribution is 5.91. The number of urea groups is 1. The van der Waals surface area contributed by atoms with Crippen molar-refractivity contribution >= 4 is 17.7 Å². The first-order valence-corrected chi connectivity index (χ1v) is 7.45. The maximum atomic E-state index is 12.0. The van der Waals surface area contributed by atoms with Crippen molar-refractivity contribution in [3.63, 3.8) is 0 Å². The molecule has 114 valence electrons. The molecule has 1 aromatic carbocycles. The summed E-state index contributed by atoms with van der Waals surface area (Å²) >= 11 is 0. The number of carboxylic acid groups (broad SMARTS) is 1. The number of aromatic carboxylic acids is 1. The lowest BCUT2D eigenvalue weighted by atomic mass is 10.0. The van der Waals surface area contributed by atoms with E-state index < -0.39 is 5.97 Å². The number of carbonyl (C=O) groups is 2. The quantitative estimate of drug-likeness (QED) is 0.746. The summed E-state index contributed by atoms with van der Waals surface area (Å²) in [4.78, 5) is 22.7. The van der Waals surface area contributed by atoms with Gasteiger partial charge >= 0.3 is 12.0 Å². The molecule has 1 aromatic rings. The zero-order chi connectivity index (χ0) is 15.2. The van der Waals surface area contributed by atoms with Crippen LogP contribution in [0.4, 0.5) is 10.5 Å². The fraction of sp³-hybridized carbons (Fsp3) is 0.500. The van der Waals surface area contributed by atoms with E-state index in [0.717, 1.165) is 31.6 Å². The highest BCUT2D eigenvalue weighted by atomic mass is 16.4. The fourth-order valence-electron chi connectivity index (χ4n) is 2.68. The second kappa shape index (κ2) is 7.11. The lowest BCUT2D eigenvalue weighted by Gasteiger charge is -2.17. The van der Waals surface area contributed by atoms with Crippen molar-refractivity contribution < 1.29 is 14.7 Å². The monoisotopic (exact) mass is 290 g/mol. The minimum atomic E-state index is -0.974. The Morgan fingerprint density at radius 3 is 2.48 bits per heavy atom. The van der Waals surface area contributed by atoms with Gasteiger partial charge in [0.15, 0.2) is 0 Å². The maximum absolute atomic E-state index is 12.0. The SMILES string of the molecule is CC1CCCC(NC(=O)Nc2ccc(C(=O)O)cc2)CC1. The van der Waals surface area contributed by atoms with Crippen LogP contribution in [0.25, 0.3) is 0 Å². The Morgan fingerprint density at radius 2 is 1.81 bits per heavy atom. The summed E-state index contributed by atoms with van der Waals surface area (Å²) in [6.45, 7) is 2.26. The number of benzene rings is 1. The van der Waals surface area contributed by atoms with Crippen LogP contribution in [0, 0.1) is 5.92 Å². The van der Waals surface area contributed by atoms with E-state index >= 15 is 0 Å². The molecule has 5 heteroatoms. The number of carboxylic acids is 1. The summed E-state index contributed by atoms with van der Waals surface area (Å²) in [5.74, 6) is -0.234. The normalized spacial score (nSPS) is 22.1. The van der Waals surface area contributed by atoms with E-state index in [0.29, 0.717) is 5.69 Å². The van der Waals surface area contributed by atoms with Crippen LogP contribution in [-0.2, 0) is 0 Å². The molecule has 2 rings (SSSR count). The number of nitrogens with one attached hydrogen (secondary N) is 2. The number of carbonyl (C=O) groups excluding carboxylic acids is 1. The Hall–Kier alpha value is -2.04.